The van der Waals surface area contributed by atoms with Gasteiger partial charge in [-0.15, -0.1) is 0 Å². The van der Waals surface area contributed by atoms with Crippen molar-refractivity contribution in [2.45, 2.75) is 19.8 Å². The van der Waals surface area contributed by atoms with Gasteiger partial charge in [0.25, 0.3) is 5.91 Å². The molecule has 6 nitrogen and oxygen atoms in total. The number of carbonyl (C=O) groups is 3. The lowest BCUT2D eigenvalue weighted by Gasteiger charge is -2.04. The third-order valence-electron chi connectivity index (χ3n) is 2.94. The Balaban J connectivity index is 2.40. The molecular weight excluding hydrogens is 298 g/mol. The maximum atomic E-state index is 11.5. The first-order valence-electron chi connectivity index (χ1n) is 7.36. The molecule has 1 rings (SSSR count). The smallest absolute Gasteiger partial charge is 0.337 e. The average Bonchev–Trinajstić information content (AvgIpc) is 2.58. The van der Waals surface area contributed by atoms with Gasteiger partial charge in [-0.3, -0.25) is 4.79 Å². The van der Waals surface area contributed by atoms with Crippen molar-refractivity contribution in [2.24, 2.45) is 0 Å². The molecule has 23 heavy (non-hydrogen) atoms. The summed E-state index contributed by atoms with van der Waals surface area (Å²) >= 11 is 0. The summed E-state index contributed by atoms with van der Waals surface area (Å²) < 4.78 is 9.42. The summed E-state index contributed by atoms with van der Waals surface area (Å²) in [5.41, 5.74) is 1.15. The Morgan fingerprint density at radius 3 is 2.48 bits per heavy atom. The fourth-order valence-electron chi connectivity index (χ4n) is 1.65. The topological polar surface area (TPSA) is 81.7 Å². The molecule has 0 saturated heterocycles. The van der Waals surface area contributed by atoms with E-state index in [1.54, 1.807) is 30.3 Å². The van der Waals surface area contributed by atoms with E-state index in [4.69, 9.17) is 4.74 Å². The molecule has 0 aliphatic carbocycles. The van der Waals surface area contributed by atoms with Gasteiger partial charge in [-0.2, -0.15) is 0 Å². The van der Waals surface area contributed by atoms with Gasteiger partial charge in [-0.25, -0.2) is 9.59 Å². The number of nitrogens with one attached hydrogen (secondary N) is 1. The molecule has 0 fully saturated rings. The van der Waals surface area contributed by atoms with Crippen molar-refractivity contribution in [2.75, 3.05) is 20.3 Å². The van der Waals surface area contributed by atoms with Crippen LogP contribution >= 0.6 is 0 Å². The van der Waals surface area contributed by atoms with Gasteiger partial charge in [-0.1, -0.05) is 25.5 Å². The van der Waals surface area contributed by atoms with E-state index in [1.165, 1.54) is 13.2 Å². The average molecular weight is 319 g/mol. The highest BCUT2D eigenvalue weighted by Gasteiger charge is 2.05. The molecule has 1 aromatic carbocycles. The normalized spacial score (nSPS) is 10.3. The number of benzene rings is 1. The maximum absolute atomic E-state index is 11.5. The van der Waals surface area contributed by atoms with Crippen molar-refractivity contribution in [1.29, 1.82) is 0 Å². The van der Waals surface area contributed by atoms with Crippen molar-refractivity contribution >= 4 is 23.9 Å². The van der Waals surface area contributed by atoms with E-state index in [1.807, 2.05) is 6.92 Å². The van der Waals surface area contributed by atoms with E-state index in [-0.39, 0.29) is 12.5 Å². The lowest BCUT2D eigenvalue weighted by molar-refractivity contribution is -0.143. The molecule has 0 aromatic heterocycles. The van der Waals surface area contributed by atoms with Crippen LogP contribution < -0.4 is 5.32 Å². The number of carbonyl (C=O) groups excluding carboxylic acids is 3. The second kappa shape index (κ2) is 10.2. The number of amides is 1. The fraction of sp³-hybridized carbons (Fsp3) is 0.353. The number of esters is 2. The molecule has 0 bridgehead atoms. The highest BCUT2D eigenvalue weighted by atomic mass is 16.5. The monoisotopic (exact) mass is 319 g/mol. The highest BCUT2D eigenvalue weighted by molar-refractivity contribution is 5.91. The largest absolute Gasteiger partial charge is 0.465 e. The van der Waals surface area contributed by atoms with Gasteiger partial charge >= 0.3 is 11.9 Å². The van der Waals surface area contributed by atoms with Gasteiger partial charge < -0.3 is 14.8 Å². The van der Waals surface area contributed by atoms with Crippen LogP contribution in [-0.2, 0) is 19.1 Å². The van der Waals surface area contributed by atoms with Crippen LogP contribution in [0, 0.1) is 0 Å². The van der Waals surface area contributed by atoms with Crippen LogP contribution in [0.25, 0.3) is 6.08 Å². The Morgan fingerprint density at radius 2 is 1.87 bits per heavy atom. The lowest BCUT2D eigenvalue weighted by atomic mass is 10.1. The second-order valence-corrected chi connectivity index (χ2v) is 4.76. The third-order valence-corrected chi connectivity index (χ3v) is 2.94. The first-order chi connectivity index (χ1) is 11.1. The summed E-state index contributed by atoms with van der Waals surface area (Å²) in [7, 11) is 1.31. The van der Waals surface area contributed by atoms with E-state index in [0.29, 0.717) is 12.1 Å². The van der Waals surface area contributed by atoms with Crippen LogP contribution in [0.4, 0.5) is 0 Å². The standard InChI is InChI=1S/C17H21NO5/c1-3-4-11-18-15(19)12-23-16(20)10-7-13-5-8-14(9-6-13)17(21)22-2/h5-10H,3-4,11-12H2,1-2H3,(H,18,19). The zero-order chi connectivity index (χ0) is 17.1. The summed E-state index contributed by atoms with van der Waals surface area (Å²) in [6, 6.07) is 6.54. The van der Waals surface area contributed by atoms with Crippen LogP contribution in [-0.4, -0.2) is 38.1 Å². The molecule has 1 amide bonds. The zero-order valence-electron chi connectivity index (χ0n) is 13.3. The summed E-state index contributed by atoms with van der Waals surface area (Å²) in [5, 5.41) is 2.65. The summed E-state index contributed by atoms with van der Waals surface area (Å²) in [5.74, 6) is -1.34. The zero-order valence-corrected chi connectivity index (χ0v) is 13.3. The maximum Gasteiger partial charge on any atom is 0.337 e. The molecule has 124 valence electrons. The SMILES string of the molecule is CCCCNC(=O)COC(=O)C=Cc1ccc(C(=O)OC)cc1. The van der Waals surface area contributed by atoms with E-state index in [2.05, 4.69) is 10.1 Å². The van der Waals surface area contributed by atoms with Crippen molar-refractivity contribution in [3.63, 3.8) is 0 Å². The molecule has 0 saturated carbocycles. The summed E-state index contributed by atoms with van der Waals surface area (Å²) in [6.07, 6.45) is 4.64. The first kappa shape index (κ1) is 18.4. The van der Waals surface area contributed by atoms with E-state index < -0.39 is 11.9 Å². The Kier molecular flexibility index (Phi) is 8.13. The van der Waals surface area contributed by atoms with Crippen LogP contribution in [0.2, 0.25) is 0 Å². The molecule has 1 aromatic rings. The van der Waals surface area contributed by atoms with Crippen molar-refractivity contribution in [1.82, 2.24) is 5.32 Å². The van der Waals surface area contributed by atoms with E-state index in [9.17, 15) is 14.4 Å². The van der Waals surface area contributed by atoms with Crippen LogP contribution in [0.15, 0.2) is 30.3 Å². The predicted molar refractivity (Wildman–Crippen MR) is 85.7 cm³/mol. The molecule has 6 heteroatoms. The second-order valence-electron chi connectivity index (χ2n) is 4.76. The molecule has 0 unspecified atom stereocenters. The molecule has 1 N–H and O–H groups in total. The molecule has 0 aliphatic heterocycles. The van der Waals surface area contributed by atoms with Gasteiger partial charge in [-0.05, 0) is 30.2 Å². The Morgan fingerprint density at radius 1 is 1.17 bits per heavy atom. The van der Waals surface area contributed by atoms with Crippen molar-refractivity contribution in [3.05, 3.63) is 41.5 Å². The highest BCUT2D eigenvalue weighted by Crippen LogP contribution is 2.07. The molecule has 0 aliphatic rings. The van der Waals surface area contributed by atoms with Crippen molar-refractivity contribution < 1.29 is 23.9 Å². The minimum absolute atomic E-state index is 0.297. The summed E-state index contributed by atoms with van der Waals surface area (Å²) in [6.45, 7) is 2.30. The fourth-order valence-corrected chi connectivity index (χ4v) is 1.65. The molecule has 0 spiro atoms. The Labute approximate surface area is 135 Å². The Bertz CT molecular complexity index is 563. The number of ether oxygens (including phenoxy) is 2. The third kappa shape index (κ3) is 7.26. The number of unbranched alkanes of at least 4 members (excludes halogenated alkanes) is 1. The van der Waals surface area contributed by atoms with Crippen LogP contribution in [0.3, 0.4) is 0 Å². The van der Waals surface area contributed by atoms with E-state index in [0.717, 1.165) is 18.4 Å². The van der Waals surface area contributed by atoms with E-state index >= 15 is 0 Å². The van der Waals surface area contributed by atoms with Gasteiger partial charge in [0, 0.05) is 12.6 Å². The van der Waals surface area contributed by atoms with Crippen LogP contribution in [0.1, 0.15) is 35.7 Å². The number of hydrogen-bond donors (Lipinski definition) is 1. The number of hydrogen-bond acceptors (Lipinski definition) is 5. The summed E-state index contributed by atoms with van der Waals surface area (Å²) in [4.78, 5) is 34.2. The molecular formula is C17H21NO5. The molecule has 0 atom stereocenters. The van der Waals surface area contributed by atoms with Gasteiger partial charge in [0.2, 0.25) is 0 Å². The molecule has 0 radical (unpaired) electrons. The van der Waals surface area contributed by atoms with Gasteiger partial charge in [0.15, 0.2) is 6.61 Å². The van der Waals surface area contributed by atoms with Crippen molar-refractivity contribution in [3.8, 4) is 0 Å². The Hall–Kier alpha value is -2.63. The predicted octanol–water partition coefficient (Wildman–Crippen LogP) is 1.95. The number of rotatable bonds is 8. The quantitative estimate of drug-likeness (QED) is 0.450. The van der Waals surface area contributed by atoms with Gasteiger partial charge in [0.1, 0.15) is 0 Å². The minimum Gasteiger partial charge on any atom is -0.465 e. The minimum atomic E-state index is -0.604. The van der Waals surface area contributed by atoms with Gasteiger partial charge in [0.05, 0.1) is 12.7 Å². The first-order valence-corrected chi connectivity index (χ1v) is 7.36. The van der Waals surface area contributed by atoms with Crippen LogP contribution in [0.5, 0.6) is 0 Å². The number of methoxy groups -OCH3 is 1. The lowest BCUT2D eigenvalue weighted by Crippen LogP contribution is -2.29. The molecule has 0 heterocycles.